The molecule has 5 heteroatoms. The van der Waals surface area contributed by atoms with Crippen LogP contribution in [0.1, 0.15) is 11.1 Å². The molecule has 0 aliphatic carbocycles. The summed E-state index contributed by atoms with van der Waals surface area (Å²) in [6, 6.07) is 32.6. The number of nitrogens with zero attached hydrogens (tertiary/aromatic N) is 2. The van der Waals surface area contributed by atoms with Gasteiger partial charge in [0.15, 0.2) is 0 Å². The number of nitrogens with one attached hydrogen (secondary N) is 1. The molecule has 0 aliphatic heterocycles. The van der Waals surface area contributed by atoms with E-state index in [0.29, 0.717) is 6.61 Å². The van der Waals surface area contributed by atoms with Crippen molar-refractivity contribution in [3.05, 3.63) is 115 Å². The number of methoxy groups -OCH3 is 1. The Labute approximate surface area is 193 Å². The van der Waals surface area contributed by atoms with E-state index in [9.17, 15) is 0 Å². The Hall–Kier alpha value is -4.25. The van der Waals surface area contributed by atoms with E-state index in [1.807, 2.05) is 60.9 Å². The standard InChI is InChI=1S/C28H25N3O2/c1-32-25-14-10-24(11-15-25)31-20-30-27-17-23(9-16-28(27)31)29-18-21-7-12-26(13-8-21)33-19-22-5-3-2-4-6-22/h2-17,20,29H,18-19H2,1H3. The molecule has 5 rings (SSSR count). The Bertz CT molecular complexity index is 1330. The van der Waals surface area contributed by atoms with Gasteiger partial charge in [-0.3, -0.25) is 4.57 Å². The molecule has 0 saturated heterocycles. The molecular weight excluding hydrogens is 410 g/mol. The second-order valence-electron chi connectivity index (χ2n) is 7.79. The van der Waals surface area contributed by atoms with Gasteiger partial charge >= 0.3 is 0 Å². The number of rotatable bonds is 8. The fourth-order valence-electron chi connectivity index (χ4n) is 3.72. The summed E-state index contributed by atoms with van der Waals surface area (Å²) in [4.78, 5) is 4.59. The van der Waals surface area contributed by atoms with Crippen molar-refractivity contribution in [1.82, 2.24) is 9.55 Å². The second kappa shape index (κ2) is 9.49. The number of imidazole rings is 1. The highest BCUT2D eigenvalue weighted by Crippen LogP contribution is 2.23. The Kier molecular flexibility index (Phi) is 5.93. The monoisotopic (exact) mass is 435 g/mol. The minimum atomic E-state index is 0.571. The van der Waals surface area contributed by atoms with Crippen molar-refractivity contribution >= 4 is 16.7 Å². The third-order valence-corrected chi connectivity index (χ3v) is 5.57. The summed E-state index contributed by atoms with van der Waals surface area (Å²) in [6.45, 7) is 1.30. The summed E-state index contributed by atoms with van der Waals surface area (Å²) in [5, 5.41) is 3.49. The zero-order valence-electron chi connectivity index (χ0n) is 18.4. The molecule has 0 radical (unpaired) electrons. The van der Waals surface area contributed by atoms with E-state index in [2.05, 4.69) is 57.3 Å². The number of aromatic nitrogens is 2. The van der Waals surface area contributed by atoms with Gasteiger partial charge in [-0.15, -0.1) is 0 Å². The zero-order chi connectivity index (χ0) is 22.5. The summed E-state index contributed by atoms with van der Waals surface area (Å²) in [6.07, 6.45) is 1.85. The molecule has 1 N–H and O–H groups in total. The van der Waals surface area contributed by atoms with Crippen LogP contribution in [0, 0.1) is 0 Å². The smallest absolute Gasteiger partial charge is 0.119 e. The van der Waals surface area contributed by atoms with Crippen molar-refractivity contribution in [2.75, 3.05) is 12.4 Å². The molecule has 1 heterocycles. The van der Waals surface area contributed by atoms with Crippen molar-refractivity contribution in [2.45, 2.75) is 13.2 Å². The van der Waals surface area contributed by atoms with Crippen molar-refractivity contribution in [3.8, 4) is 17.2 Å². The average molecular weight is 436 g/mol. The van der Waals surface area contributed by atoms with Gasteiger partial charge in [0, 0.05) is 17.9 Å². The number of fused-ring (bicyclic) bond motifs is 1. The molecular formula is C28H25N3O2. The summed E-state index contributed by atoms with van der Waals surface area (Å²) < 4.78 is 13.2. The highest BCUT2D eigenvalue weighted by atomic mass is 16.5. The number of benzene rings is 4. The maximum absolute atomic E-state index is 5.87. The fourth-order valence-corrected chi connectivity index (χ4v) is 3.72. The average Bonchev–Trinajstić information content (AvgIpc) is 3.31. The zero-order valence-corrected chi connectivity index (χ0v) is 18.4. The van der Waals surface area contributed by atoms with Crippen LogP contribution in [0.15, 0.2) is 103 Å². The van der Waals surface area contributed by atoms with Crippen LogP contribution in [0.4, 0.5) is 5.69 Å². The molecule has 5 aromatic rings. The molecule has 4 aromatic carbocycles. The van der Waals surface area contributed by atoms with Gasteiger partial charge in [0.25, 0.3) is 0 Å². The lowest BCUT2D eigenvalue weighted by Crippen LogP contribution is -2.00. The first kappa shape index (κ1) is 20.6. The minimum absolute atomic E-state index is 0.571. The van der Waals surface area contributed by atoms with Gasteiger partial charge < -0.3 is 14.8 Å². The number of hydrogen-bond acceptors (Lipinski definition) is 4. The fraction of sp³-hybridized carbons (Fsp3) is 0.107. The van der Waals surface area contributed by atoms with E-state index in [1.54, 1.807) is 7.11 Å². The number of anilines is 1. The van der Waals surface area contributed by atoms with Gasteiger partial charge in [-0.2, -0.15) is 0 Å². The first-order valence-corrected chi connectivity index (χ1v) is 10.9. The van der Waals surface area contributed by atoms with Crippen LogP contribution < -0.4 is 14.8 Å². The molecule has 0 amide bonds. The quantitative estimate of drug-likeness (QED) is 0.314. The third kappa shape index (κ3) is 4.83. The van der Waals surface area contributed by atoms with Crippen LogP contribution in [0.3, 0.4) is 0 Å². The summed E-state index contributed by atoms with van der Waals surface area (Å²) in [5.74, 6) is 1.71. The topological polar surface area (TPSA) is 48.3 Å². The van der Waals surface area contributed by atoms with Crippen molar-refractivity contribution in [2.24, 2.45) is 0 Å². The van der Waals surface area contributed by atoms with E-state index >= 15 is 0 Å². The summed E-state index contributed by atoms with van der Waals surface area (Å²) >= 11 is 0. The Morgan fingerprint density at radius 1 is 0.788 bits per heavy atom. The molecule has 0 unspecified atom stereocenters. The van der Waals surface area contributed by atoms with Crippen LogP contribution >= 0.6 is 0 Å². The second-order valence-corrected chi connectivity index (χ2v) is 7.79. The van der Waals surface area contributed by atoms with E-state index in [1.165, 1.54) is 5.56 Å². The third-order valence-electron chi connectivity index (χ3n) is 5.57. The van der Waals surface area contributed by atoms with E-state index < -0.39 is 0 Å². The Morgan fingerprint density at radius 3 is 2.30 bits per heavy atom. The molecule has 0 saturated carbocycles. The van der Waals surface area contributed by atoms with Crippen LogP contribution in [0.25, 0.3) is 16.7 Å². The summed E-state index contributed by atoms with van der Waals surface area (Å²) in [7, 11) is 1.67. The van der Waals surface area contributed by atoms with Crippen LogP contribution in [-0.4, -0.2) is 16.7 Å². The first-order valence-electron chi connectivity index (χ1n) is 10.9. The SMILES string of the molecule is COc1ccc(-n2cnc3cc(NCc4ccc(OCc5ccccc5)cc4)ccc32)cc1. The lowest BCUT2D eigenvalue weighted by Gasteiger charge is -2.10. The molecule has 33 heavy (non-hydrogen) atoms. The van der Waals surface area contributed by atoms with Gasteiger partial charge in [0.05, 0.1) is 18.1 Å². The highest BCUT2D eigenvalue weighted by molar-refractivity contribution is 5.81. The molecule has 0 spiro atoms. The van der Waals surface area contributed by atoms with Gasteiger partial charge in [0.2, 0.25) is 0 Å². The number of ether oxygens (including phenoxy) is 2. The number of hydrogen-bond donors (Lipinski definition) is 1. The lowest BCUT2D eigenvalue weighted by molar-refractivity contribution is 0.306. The maximum Gasteiger partial charge on any atom is 0.119 e. The van der Waals surface area contributed by atoms with Crippen LogP contribution in [0.5, 0.6) is 11.5 Å². The highest BCUT2D eigenvalue weighted by Gasteiger charge is 2.06. The van der Waals surface area contributed by atoms with E-state index in [0.717, 1.165) is 46.0 Å². The normalized spacial score (nSPS) is 10.8. The van der Waals surface area contributed by atoms with Crippen LogP contribution in [-0.2, 0) is 13.2 Å². The lowest BCUT2D eigenvalue weighted by atomic mass is 10.2. The van der Waals surface area contributed by atoms with Crippen molar-refractivity contribution in [1.29, 1.82) is 0 Å². The van der Waals surface area contributed by atoms with E-state index in [4.69, 9.17) is 9.47 Å². The first-order chi connectivity index (χ1) is 16.3. The van der Waals surface area contributed by atoms with Gasteiger partial charge in [-0.05, 0) is 65.7 Å². The molecule has 0 aliphatic rings. The largest absolute Gasteiger partial charge is 0.497 e. The minimum Gasteiger partial charge on any atom is -0.497 e. The maximum atomic E-state index is 5.87. The van der Waals surface area contributed by atoms with Crippen molar-refractivity contribution < 1.29 is 9.47 Å². The van der Waals surface area contributed by atoms with Crippen molar-refractivity contribution in [3.63, 3.8) is 0 Å². The molecule has 0 bridgehead atoms. The molecule has 5 nitrogen and oxygen atoms in total. The molecule has 0 fully saturated rings. The Morgan fingerprint density at radius 2 is 1.55 bits per heavy atom. The van der Waals surface area contributed by atoms with Gasteiger partial charge in [0.1, 0.15) is 24.4 Å². The van der Waals surface area contributed by atoms with Gasteiger partial charge in [-0.1, -0.05) is 42.5 Å². The molecule has 1 aromatic heterocycles. The predicted molar refractivity (Wildman–Crippen MR) is 132 cm³/mol. The van der Waals surface area contributed by atoms with Crippen LogP contribution in [0.2, 0.25) is 0 Å². The predicted octanol–water partition coefficient (Wildman–Crippen LogP) is 6.23. The Balaban J connectivity index is 1.21. The summed E-state index contributed by atoms with van der Waals surface area (Å²) in [5.41, 5.74) is 6.44. The molecule has 0 atom stereocenters. The van der Waals surface area contributed by atoms with Gasteiger partial charge in [-0.25, -0.2) is 4.98 Å². The molecule has 164 valence electrons. The van der Waals surface area contributed by atoms with E-state index in [-0.39, 0.29) is 0 Å².